The number of likely N-dealkylation sites (tertiary alicyclic amines) is 2. The van der Waals surface area contributed by atoms with Crippen LogP contribution in [0.2, 0.25) is 0 Å². The highest BCUT2D eigenvalue weighted by atomic mass is 127. The van der Waals surface area contributed by atoms with Crippen molar-refractivity contribution in [2.75, 3.05) is 33.2 Å². The van der Waals surface area contributed by atoms with Crippen molar-refractivity contribution in [1.29, 1.82) is 0 Å². The van der Waals surface area contributed by atoms with Crippen molar-refractivity contribution in [3.63, 3.8) is 0 Å². The molecule has 1 unspecified atom stereocenters. The van der Waals surface area contributed by atoms with E-state index in [9.17, 15) is 4.79 Å². The number of hydrogen-bond donors (Lipinski definition) is 1. The minimum Gasteiger partial charge on any atom is -0.356 e. The number of amides is 1. The smallest absolute Gasteiger partial charge is 0.222 e. The number of benzene rings is 1. The minimum atomic E-state index is 0. The normalized spacial score (nSPS) is 19.2. The van der Waals surface area contributed by atoms with Gasteiger partial charge in [0.05, 0.1) is 0 Å². The average molecular weight is 512 g/mol. The molecule has 0 radical (unpaired) electrons. The molecule has 29 heavy (non-hydrogen) atoms. The van der Waals surface area contributed by atoms with Crippen LogP contribution >= 0.6 is 24.0 Å². The zero-order chi connectivity index (χ0) is 19.8. The van der Waals surface area contributed by atoms with Crippen LogP contribution < -0.4 is 5.32 Å². The van der Waals surface area contributed by atoms with E-state index in [4.69, 9.17) is 0 Å². The molecule has 3 rings (SSSR count). The van der Waals surface area contributed by atoms with Crippen LogP contribution in [-0.2, 0) is 11.2 Å². The summed E-state index contributed by atoms with van der Waals surface area (Å²) in [5.41, 5.74) is 1.45. The van der Waals surface area contributed by atoms with Crippen molar-refractivity contribution in [2.24, 2.45) is 10.9 Å². The van der Waals surface area contributed by atoms with E-state index in [2.05, 4.69) is 57.4 Å². The lowest BCUT2D eigenvalue weighted by molar-refractivity contribution is -0.129. The van der Waals surface area contributed by atoms with Gasteiger partial charge in [-0.15, -0.1) is 24.0 Å². The number of nitrogens with one attached hydrogen (secondary N) is 1. The number of carbonyl (C=O) groups excluding carboxylic acids is 1. The van der Waals surface area contributed by atoms with E-state index in [0.717, 1.165) is 63.7 Å². The molecule has 2 aliphatic heterocycles. The third kappa shape index (κ3) is 6.86. The molecule has 2 heterocycles. The maximum atomic E-state index is 12.0. The van der Waals surface area contributed by atoms with Gasteiger partial charge in [-0.2, -0.15) is 0 Å². The Kier molecular flexibility index (Phi) is 10.2. The first-order chi connectivity index (χ1) is 13.7. The van der Waals surface area contributed by atoms with Crippen LogP contribution in [0, 0.1) is 5.92 Å². The first-order valence-electron chi connectivity index (χ1n) is 11.0. The number of guanidine groups is 1. The van der Waals surface area contributed by atoms with E-state index in [1.807, 2.05) is 7.05 Å². The lowest BCUT2D eigenvalue weighted by Crippen LogP contribution is -2.47. The van der Waals surface area contributed by atoms with Gasteiger partial charge in [-0.3, -0.25) is 9.79 Å². The molecular weight excluding hydrogens is 475 g/mol. The predicted molar refractivity (Wildman–Crippen MR) is 131 cm³/mol. The molecule has 0 bridgehead atoms. The molecule has 2 fully saturated rings. The number of carbonyl (C=O) groups is 1. The summed E-state index contributed by atoms with van der Waals surface area (Å²) in [7, 11) is 1.87. The average Bonchev–Trinajstić information content (AvgIpc) is 3.16. The van der Waals surface area contributed by atoms with Gasteiger partial charge in [0.15, 0.2) is 5.96 Å². The van der Waals surface area contributed by atoms with Crippen LogP contribution in [0.3, 0.4) is 0 Å². The van der Waals surface area contributed by atoms with Gasteiger partial charge in [-0.1, -0.05) is 37.3 Å². The highest BCUT2D eigenvalue weighted by Gasteiger charge is 2.27. The van der Waals surface area contributed by atoms with Gasteiger partial charge in [-0.05, 0) is 50.0 Å². The molecule has 0 aromatic heterocycles. The molecule has 2 aliphatic rings. The summed E-state index contributed by atoms with van der Waals surface area (Å²) in [5.74, 6) is 2.11. The summed E-state index contributed by atoms with van der Waals surface area (Å²) in [4.78, 5) is 21.0. The van der Waals surface area contributed by atoms with E-state index in [1.54, 1.807) is 0 Å². The fraction of sp³-hybridized carbons (Fsp3) is 0.652. The number of rotatable bonds is 7. The second-order valence-corrected chi connectivity index (χ2v) is 8.14. The zero-order valence-corrected chi connectivity index (χ0v) is 20.3. The zero-order valence-electron chi connectivity index (χ0n) is 18.0. The summed E-state index contributed by atoms with van der Waals surface area (Å²) >= 11 is 0. The van der Waals surface area contributed by atoms with Crippen LogP contribution in [0.15, 0.2) is 35.3 Å². The lowest BCUT2D eigenvalue weighted by atomic mass is 9.90. The lowest BCUT2D eigenvalue weighted by Gasteiger charge is -2.35. The van der Waals surface area contributed by atoms with Gasteiger partial charge in [0, 0.05) is 45.7 Å². The number of nitrogens with zero attached hydrogens (tertiary/aromatic N) is 3. The number of piperidine rings is 1. The molecule has 1 N–H and O–H groups in total. The summed E-state index contributed by atoms with van der Waals surface area (Å²) in [5, 5.41) is 3.54. The molecular formula is C23H37IN4O. The molecule has 1 aromatic rings. The van der Waals surface area contributed by atoms with Gasteiger partial charge >= 0.3 is 0 Å². The van der Waals surface area contributed by atoms with Crippen molar-refractivity contribution in [3.05, 3.63) is 35.9 Å². The van der Waals surface area contributed by atoms with Crippen molar-refractivity contribution in [3.8, 4) is 0 Å². The van der Waals surface area contributed by atoms with Crippen molar-refractivity contribution < 1.29 is 4.79 Å². The molecule has 1 atom stereocenters. The second kappa shape index (κ2) is 12.4. The summed E-state index contributed by atoms with van der Waals surface area (Å²) in [6.07, 6.45) is 7.38. The fourth-order valence-corrected chi connectivity index (χ4v) is 4.61. The Morgan fingerprint density at radius 1 is 1.21 bits per heavy atom. The SMILES string of the molecule is CCC(CCNC(=NC)N1CCC(Cc2ccccc2)CC1)N1CCCC1=O.I. The Balaban J connectivity index is 0.00000300. The maximum Gasteiger partial charge on any atom is 0.222 e. The highest BCUT2D eigenvalue weighted by molar-refractivity contribution is 14.0. The van der Waals surface area contributed by atoms with Gasteiger partial charge in [-0.25, -0.2) is 0 Å². The molecule has 2 saturated heterocycles. The largest absolute Gasteiger partial charge is 0.356 e. The van der Waals surface area contributed by atoms with Gasteiger partial charge < -0.3 is 15.1 Å². The van der Waals surface area contributed by atoms with E-state index >= 15 is 0 Å². The van der Waals surface area contributed by atoms with Crippen LogP contribution in [0.1, 0.15) is 51.0 Å². The quantitative estimate of drug-likeness (QED) is 0.342. The molecule has 0 spiro atoms. The first-order valence-corrected chi connectivity index (χ1v) is 11.0. The van der Waals surface area contributed by atoms with Crippen LogP contribution in [0.5, 0.6) is 0 Å². The highest BCUT2D eigenvalue weighted by Crippen LogP contribution is 2.22. The first kappa shape index (κ1) is 24.0. The van der Waals surface area contributed by atoms with Crippen molar-refractivity contribution >= 4 is 35.8 Å². The molecule has 162 valence electrons. The molecule has 5 nitrogen and oxygen atoms in total. The van der Waals surface area contributed by atoms with Crippen molar-refractivity contribution in [1.82, 2.24) is 15.1 Å². The molecule has 1 amide bonds. The summed E-state index contributed by atoms with van der Waals surface area (Å²) < 4.78 is 0. The molecule has 0 saturated carbocycles. The topological polar surface area (TPSA) is 47.9 Å². The fourth-order valence-electron chi connectivity index (χ4n) is 4.61. The summed E-state index contributed by atoms with van der Waals surface area (Å²) in [6.45, 7) is 6.13. The van der Waals surface area contributed by atoms with Crippen LogP contribution in [0.4, 0.5) is 0 Å². The van der Waals surface area contributed by atoms with E-state index < -0.39 is 0 Å². The third-order valence-corrected chi connectivity index (χ3v) is 6.28. The number of hydrogen-bond acceptors (Lipinski definition) is 2. The third-order valence-electron chi connectivity index (χ3n) is 6.28. The van der Waals surface area contributed by atoms with Gasteiger partial charge in [0.2, 0.25) is 5.91 Å². The Labute approximate surface area is 193 Å². The van der Waals surface area contributed by atoms with E-state index in [1.165, 1.54) is 24.8 Å². The van der Waals surface area contributed by atoms with E-state index in [-0.39, 0.29) is 24.0 Å². The van der Waals surface area contributed by atoms with Crippen LogP contribution in [-0.4, -0.2) is 60.9 Å². The Hall–Kier alpha value is -1.31. The molecule has 6 heteroatoms. The van der Waals surface area contributed by atoms with E-state index in [0.29, 0.717) is 11.9 Å². The Morgan fingerprint density at radius 3 is 2.52 bits per heavy atom. The minimum absolute atomic E-state index is 0. The Bertz CT molecular complexity index is 644. The Morgan fingerprint density at radius 2 is 1.93 bits per heavy atom. The monoisotopic (exact) mass is 512 g/mol. The van der Waals surface area contributed by atoms with Crippen molar-refractivity contribution in [2.45, 2.75) is 57.9 Å². The molecule has 1 aromatic carbocycles. The standard InChI is InChI=1S/C23H36N4O.HI/c1-3-21(27-15-7-10-22(27)28)11-14-25-23(24-2)26-16-12-20(13-17-26)18-19-8-5-4-6-9-19;/h4-6,8-9,20-21H,3,7,10-18H2,1-2H3,(H,24,25);1H. The number of aliphatic imine (C=N–C) groups is 1. The summed E-state index contributed by atoms with van der Waals surface area (Å²) in [6, 6.07) is 11.2. The number of halogens is 1. The predicted octanol–water partition coefficient (Wildman–Crippen LogP) is 3.93. The van der Waals surface area contributed by atoms with Gasteiger partial charge in [0.1, 0.15) is 0 Å². The maximum absolute atomic E-state index is 12.0. The van der Waals surface area contributed by atoms with Gasteiger partial charge in [0.25, 0.3) is 0 Å². The second-order valence-electron chi connectivity index (χ2n) is 8.14. The molecule has 0 aliphatic carbocycles. The van der Waals surface area contributed by atoms with Crippen LogP contribution in [0.25, 0.3) is 0 Å².